The average molecular weight is 449 g/mol. The lowest BCUT2D eigenvalue weighted by atomic mass is 9.93. The van der Waals surface area contributed by atoms with Crippen LogP contribution in [0.3, 0.4) is 0 Å². The van der Waals surface area contributed by atoms with E-state index in [0.29, 0.717) is 22.4 Å². The van der Waals surface area contributed by atoms with Crippen molar-refractivity contribution in [3.63, 3.8) is 0 Å². The predicted octanol–water partition coefficient (Wildman–Crippen LogP) is 7.60. The number of hydrogen-bond acceptors (Lipinski definition) is 2. The van der Waals surface area contributed by atoms with E-state index in [9.17, 15) is 9.90 Å². The van der Waals surface area contributed by atoms with Gasteiger partial charge in [-0.1, -0.05) is 71.7 Å². The SMILES string of the molecule is O=C(O)c1cccc(-c2cc(Cl)ccc2-c2cc(Cl)ccc2OCc2ccccc2)c1. The molecule has 5 heteroatoms. The zero-order chi connectivity index (χ0) is 21.8. The Kier molecular flexibility index (Phi) is 6.26. The van der Waals surface area contributed by atoms with E-state index >= 15 is 0 Å². The summed E-state index contributed by atoms with van der Waals surface area (Å²) in [5.74, 6) is -0.314. The van der Waals surface area contributed by atoms with E-state index in [4.69, 9.17) is 27.9 Å². The van der Waals surface area contributed by atoms with Gasteiger partial charge in [-0.3, -0.25) is 0 Å². The van der Waals surface area contributed by atoms with Gasteiger partial charge >= 0.3 is 5.97 Å². The Balaban J connectivity index is 1.80. The van der Waals surface area contributed by atoms with Crippen molar-refractivity contribution < 1.29 is 14.6 Å². The molecule has 1 N–H and O–H groups in total. The van der Waals surface area contributed by atoms with Crippen LogP contribution in [0.5, 0.6) is 5.75 Å². The van der Waals surface area contributed by atoms with Crippen molar-refractivity contribution in [1.82, 2.24) is 0 Å². The minimum Gasteiger partial charge on any atom is -0.488 e. The molecule has 0 radical (unpaired) electrons. The molecule has 4 aromatic rings. The molecule has 0 saturated carbocycles. The van der Waals surface area contributed by atoms with Crippen molar-refractivity contribution in [2.24, 2.45) is 0 Å². The second kappa shape index (κ2) is 9.25. The molecule has 0 saturated heterocycles. The number of carboxylic acids is 1. The molecule has 0 spiro atoms. The third-order valence-corrected chi connectivity index (χ3v) is 5.34. The van der Waals surface area contributed by atoms with Crippen LogP contribution in [-0.4, -0.2) is 11.1 Å². The number of aromatic carboxylic acids is 1. The first kappa shape index (κ1) is 21.0. The zero-order valence-corrected chi connectivity index (χ0v) is 17.9. The van der Waals surface area contributed by atoms with Crippen molar-refractivity contribution in [2.45, 2.75) is 6.61 Å². The summed E-state index contributed by atoms with van der Waals surface area (Å²) in [6.07, 6.45) is 0. The second-order valence-electron chi connectivity index (χ2n) is 6.99. The molecule has 0 aliphatic rings. The third-order valence-electron chi connectivity index (χ3n) is 4.87. The van der Waals surface area contributed by atoms with Crippen LogP contribution in [0.15, 0.2) is 91.0 Å². The number of carbonyl (C=O) groups is 1. The molecule has 0 bridgehead atoms. The Hall–Kier alpha value is -3.27. The number of ether oxygens (including phenoxy) is 1. The topological polar surface area (TPSA) is 46.5 Å². The molecule has 0 fully saturated rings. The molecule has 154 valence electrons. The van der Waals surface area contributed by atoms with Crippen molar-refractivity contribution in [1.29, 1.82) is 0 Å². The number of rotatable bonds is 6. The molecule has 0 heterocycles. The Bertz CT molecular complexity index is 1240. The van der Waals surface area contributed by atoms with Gasteiger partial charge in [-0.05, 0) is 64.7 Å². The number of carboxylic acid groups (broad SMARTS) is 1. The van der Waals surface area contributed by atoms with Gasteiger partial charge in [0.05, 0.1) is 5.56 Å². The molecule has 0 aromatic heterocycles. The molecular formula is C26H18Cl2O3. The number of halogens is 2. The minimum absolute atomic E-state index is 0.204. The summed E-state index contributed by atoms with van der Waals surface area (Å²) in [6, 6.07) is 27.6. The van der Waals surface area contributed by atoms with Crippen molar-refractivity contribution in [2.75, 3.05) is 0 Å². The van der Waals surface area contributed by atoms with Crippen molar-refractivity contribution in [3.8, 4) is 28.0 Å². The van der Waals surface area contributed by atoms with E-state index in [2.05, 4.69) is 0 Å². The highest BCUT2D eigenvalue weighted by molar-refractivity contribution is 6.31. The highest BCUT2D eigenvalue weighted by Gasteiger charge is 2.15. The fourth-order valence-electron chi connectivity index (χ4n) is 3.38. The van der Waals surface area contributed by atoms with Gasteiger partial charge in [0.15, 0.2) is 0 Å². The normalized spacial score (nSPS) is 10.6. The first-order valence-corrected chi connectivity index (χ1v) is 10.4. The fourth-order valence-corrected chi connectivity index (χ4v) is 3.73. The summed E-state index contributed by atoms with van der Waals surface area (Å²) < 4.78 is 6.13. The highest BCUT2D eigenvalue weighted by atomic mass is 35.5. The van der Waals surface area contributed by atoms with Gasteiger partial charge < -0.3 is 9.84 Å². The second-order valence-corrected chi connectivity index (χ2v) is 7.86. The Morgan fingerprint density at radius 2 is 1.45 bits per heavy atom. The summed E-state index contributed by atoms with van der Waals surface area (Å²) in [5.41, 5.74) is 4.44. The fraction of sp³-hybridized carbons (Fsp3) is 0.0385. The molecule has 4 aromatic carbocycles. The van der Waals surface area contributed by atoms with Crippen molar-refractivity contribution >= 4 is 29.2 Å². The Morgan fingerprint density at radius 3 is 2.19 bits per heavy atom. The highest BCUT2D eigenvalue weighted by Crippen LogP contribution is 2.40. The summed E-state index contributed by atoms with van der Waals surface area (Å²) in [4.78, 5) is 11.5. The van der Waals surface area contributed by atoms with Crippen LogP contribution >= 0.6 is 23.2 Å². The molecule has 0 atom stereocenters. The molecule has 0 aliphatic heterocycles. The van der Waals surface area contributed by atoms with Gasteiger partial charge in [0.25, 0.3) is 0 Å². The van der Waals surface area contributed by atoms with Crippen LogP contribution in [0.2, 0.25) is 10.0 Å². The molecule has 0 unspecified atom stereocenters. The molecule has 0 amide bonds. The van der Waals surface area contributed by atoms with E-state index in [1.54, 1.807) is 30.3 Å². The molecular weight excluding hydrogens is 431 g/mol. The monoisotopic (exact) mass is 448 g/mol. The quantitative estimate of drug-likeness (QED) is 0.330. The van der Waals surface area contributed by atoms with Crippen LogP contribution in [0.4, 0.5) is 0 Å². The van der Waals surface area contributed by atoms with Crippen LogP contribution < -0.4 is 4.74 Å². The summed E-state index contributed by atoms with van der Waals surface area (Å²) in [5, 5.41) is 10.5. The summed E-state index contributed by atoms with van der Waals surface area (Å²) in [6.45, 7) is 0.410. The maximum atomic E-state index is 11.5. The lowest BCUT2D eigenvalue weighted by Crippen LogP contribution is -1.98. The standard InChI is InChI=1S/C26H18Cl2O3/c27-20-9-11-22(23(14-20)18-7-4-8-19(13-18)26(29)30)24-15-21(28)10-12-25(24)31-16-17-5-2-1-3-6-17/h1-15H,16H2,(H,29,30). The predicted molar refractivity (Wildman–Crippen MR) is 125 cm³/mol. The molecule has 4 rings (SSSR count). The van der Waals surface area contributed by atoms with E-state index in [0.717, 1.165) is 27.8 Å². The van der Waals surface area contributed by atoms with E-state index in [-0.39, 0.29) is 5.56 Å². The minimum atomic E-state index is -0.986. The van der Waals surface area contributed by atoms with Crippen LogP contribution in [0.1, 0.15) is 15.9 Å². The number of benzene rings is 4. The van der Waals surface area contributed by atoms with Crippen LogP contribution in [0.25, 0.3) is 22.3 Å². The maximum absolute atomic E-state index is 11.5. The van der Waals surface area contributed by atoms with Crippen LogP contribution in [-0.2, 0) is 6.61 Å². The lowest BCUT2D eigenvalue weighted by Gasteiger charge is -2.16. The first-order valence-electron chi connectivity index (χ1n) is 9.61. The van der Waals surface area contributed by atoms with Crippen LogP contribution in [0, 0.1) is 0 Å². The van der Waals surface area contributed by atoms with Gasteiger partial charge in [-0.25, -0.2) is 4.79 Å². The lowest BCUT2D eigenvalue weighted by molar-refractivity contribution is 0.0697. The van der Waals surface area contributed by atoms with Gasteiger partial charge in [0, 0.05) is 15.6 Å². The Labute approximate surface area is 190 Å². The van der Waals surface area contributed by atoms with Crippen molar-refractivity contribution in [3.05, 3.63) is 112 Å². The third kappa shape index (κ3) is 4.91. The first-order chi connectivity index (χ1) is 15.0. The maximum Gasteiger partial charge on any atom is 0.335 e. The summed E-state index contributed by atoms with van der Waals surface area (Å²) in [7, 11) is 0. The van der Waals surface area contributed by atoms with Gasteiger partial charge in [-0.15, -0.1) is 0 Å². The molecule has 3 nitrogen and oxygen atoms in total. The average Bonchev–Trinajstić information content (AvgIpc) is 2.79. The van der Waals surface area contributed by atoms with E-state index < -0.39 is 5.97 Å². The largest absolute Gasteiger partial charge is 0.488 e. The van der Waals surface area contributed by atoms with Gasteiger partial charge in [0.2, 0.25) is 0 Å². The van der Waals surface area contributed by atoms with E-state index in [1.165, 1.54) is 0 Å². The summed E-state index contributed by atoms with van der Waals surface area (Å²) >= 11 is 12.6. The number of hydrogen-bond donors (Lipinski definition) is 1. The zero-order valence-electron chi connectivity index (χ0n) is 16.4. The smallest absolute Gasteiger partial charge is 0.335 e. The van der Waals surface area contributed by atoms with Gasteiger partial charge in [-0.2, -0.15) is 0 Å². The molecule has 0 aliphatic carbocycles. The van der Waals surface area contributed by atoms with E-state index in [1.807, 2.05) is 60.7 Å². The Morgan fingerprint density at radius 1 is 0.742 bits per heavy atom. The molecule has 31 heavy (non-hydrogen) atoms. The van der Waals surface area contributed by atoms with Gasteiger partial charge in [0.1, 0.15) is 12.4 Å².